The summed E-state index contributed by atoms with van der Waals surface area (Å²) in [6.45, 7) is 1.71. The number of amides is 4. The summed E-state index contributed by atoms with van der Waals surface area (Å²) in [6, 6.07) is 10.6. The molecule has 0 spiro atoms. The molecule has 0 aliphatic carbocycles. The van der Waals surface area contributed by atoms with Crippen LogP contribution in [-0.2, 0) is 11.3 Å². The zero-order valence-electron chi connectivity index (χ0n) is 13.5. The number of hydrogen-bond acceptors (Lipinski definition) is 3. The van der Waals surface area contributed by atoms with Gasteiger partial charge in [0.1, 0.15) is 11.9 Å². The van der Waals surface area contributed by atoms with E-state index in [1.54, 1.807) is 31.2 Å². The molecule has 3 rings (SSSR count). The third-order valence-electron chi connectivity index (χ3n) is 4.13. The van der Waals surface area contributed by atoms with Crippen LogP contribution in [0.5, 0.6) is 0 Å². The second-order valence-corrected chi connectivity index (χ2v) is 5.79. The summed E-state index contributed by atoms with van der Waals surface area (Å²) in [4.78, 5) is 38.7. The first-order chi connectivity index (χ1) is 11.9. The van der Waals surface area contributed by atoms with Crippen LogP contribution in [0.15, 0.2) is 48.5 Å². The number of carbonyl (C=O) groups is 3. The fraction of sp³-hybridized carbons (Fsp3) is 0.167. The Morgan fingerprint density at radius 2 is 1.68 bits per heavy atom. The van der Waals surface area contributed by atoms with Crippen LogP contribution in [0.4, 0.5) is 14.9 Å². The molecule has 4 amide bonds. The van der Waals surface area contributed by atoms with Crippen molar-refractivity contribution in [1.82, 2.24) is 4.90 Å². The van der Waals surface area contributed by atoms with Crippen LogP contribution in [-0.4, -0.2) is 28.8 Å². The van der Waals surface area contributed by atoms with Gasteiger partial charge in [0.25, 0.3) is 5.91 Å². The Bertz CT molecular complexity index is 834. The van der Waals surface area contributed by atoms with Crippen molar-refractivity contribution in [2.24, 2.45) is 5.73 Å². The maximum absolute atomic E-state index is 13.1. The monoisotopic (exact) mass is 341 g/mol. The van der Waals surface area contributed by atoms with Crippen LogP contribution in [0.1, 0.15) is 22.8 Å². The van der Waals surface area contributed by atoms with Crippen LogP contribution in [0, 0.1) is 5.82 Å². The lowest BCUT2D eigenvalue weighted by Gasteiger charge is -2.19. The van der Waals surface area contributed by atoms with Gasteiger partial charge in [-0.05, 0) is 48.9 Å². The van der Waals surface area contributed by atoms with Gasteiger partial charge >= 0.3 is 6.03 Å². The van der Waals surface area contributed by atoms with Crippen LogP contribution >= 0.6 is 0 Å². The normalized spacial score (nSPS) is 17.3. The average Bonchev–Trinajstić information content (AvgIpc) is 2.80. The zero-order valence-corrected chi connectivity index (χ0v) is 13.5. The number of hydrogen-bond donors (Lipinski definition) is 1. The van der Waals surface area contributed by atoms with Gasteiger partial charge in [-0.15, -0.1) is 0 Å². The van der Waals surface area contributed by atoms with E-state index in [-0.39, 0.29) is 12.5 Å². The number of benzene rings is 2. The molecule has 1 fully saturated rings. The van der Waals surface area contributed by atoms with E-state index in [1.165, 1.54) is 29.2 Å². The Balaban J connectivity index is 1.82. The van der Waals surface area contributed by atoms with Crippen molar-refractivity contribution in [3.05, 3.63) is 65.5 Å². The highest BCUT2D eigenvalue weighted by atomic mass is 19.1. The second-order valence-electron chi connectivity index (χ2n) is 5.79. The summed E-state index contributed by atoms with van der Waals surface area (Å²) < 4.78 is 13.1. The number of nitrogens with two attached hydrogens (primary N) is 1. The number of primary amides is 1. The highest BCUT2D eigenvalue weighted by Crippen LogP contribution is 2.27. The van der Waals surface area contributed by atoms with Gasteiger partial charge in [0.15, 0.2) is 0 Å². The highest BCUT2D eigenvalue weighted by Gasteiger charge is 2.43. The quantitative estimate of drug-likeness (QED) is 0.866. The molecule has 25 heavy (non-hydrogen) atoms. The van der Waals surface area contributed by atoms with E-state index in [0.717, 1.165) is 4.90 Å². The summed E-state index contributed by atoms with van der Waals surface area (Å²) in [5.74, 6) is -1.30. The molecule has 0 aromatic heterocycles. The lowest BCUT2D eigenvalue weighted by molar-refractivity contribution is -0.127. The smallest absolute Gasteiger partial charge is 0.332 e. The number of rotatable bonds is 4. The van der Waals surface area contributed by atoms with Crippen LogP contribution in [0.3, 0.4) is 0 Å². The predicted octanol–water partition coefficient (Wildman–Crippen LogP) is 2.28. The molecule has 0 unspecified atom stereocenters. The largest absolute Gasteiger partial charge is 0.366 e. The van der Waals surface area contributed by atoms with Crippen molar-refractivity contribution in [2.45, 2.75) is 19.5 Å². The third-order valence-corrected chi connectivity index (χ3v) is 4.13. The maximum Gasteiger partial charge on any atom is 0.332 e. The Hall–Kier alpha value is -3.22. The molecule has 1 saturated heterocycles. The molecule has 1 heterocycles. The van der Waals surface area contributed by atoms with Crippen LogP contribution in [0.2, 0.25) is 0 Å². The van der Waals surface area contributed by atoms with Gasteiger partial charge < -0.3 is 5.73 Å². The molecule has 2 aromatic carbocycles. The van der Waals surface area contributed by atoms with Gasteiger partial charge in [-0.25, -0.2) is 9.18 Å². The van der Waals surface area contributed by atoms with Gasteiger partial charge in [-0.2, -0.15) is 0 Å². The van der Waals surface area contributed by atoms with Crippen LogP contribution < -0.4 is 10.6 Å². The zero-order chi connectivity index (χ0) is 18.1. The average molecular weight is 341 g/mol. The molecule has 0 saturated carbocycles. The molecule has 1 aliphatic rings. The Morgan fingerprint density at radius 3 is 2.24 bits per heavy atom. The first-order valence-corrected chi connectivity index (χ1v) is 7.67. The number of anilines is 1. The molecular formula is C18H16FN3O3. The molecule has 1 atom stereocenters. The van der Waals surface area contributed by atoms with Crippen molar-refractivity contribution in [1.29, 1.82) is 0 Å². The molecule has 0 radical (unpaired) electrons. The summed E-state index contributed by atoms with van der Waals surface area (Å²) >= 11 is 0. The topological polar surface area (TPSA) is 83.7 Å². The Labute approximate surface area is 143 Å². The molecule has 2 N–H and O–H groups in total. The van der Waals surface area contributed by atoms with E-state index >= 15 is 0 Å². The lowest BCUT2D eigenvalue weighted by Crippen LogP contribution is -2.33. The molecule has 0 bridgehead atoms. The minimum absolute atomic E-state index is 0.0821. The van der Waals surface area contributed by atoms with Crippen molar-refractivity contribution in [3.63, 3.8) is 0 Å². The van der Waals surface area contributed by atoms with Crippen molar-refractivity contribution >= 4 is 23.5 Å². The van der Waals surface area contributed by atoms with Crippen molar-refractivity contribution in [2.75, 3.05) is 4.90 Å². The van der Waals surface area contributed by atoms with E-state index in [2.05, 4.69) is 0 Å². The summed E-state index contributed by atoms with van der Waals surface area (Å²) in [5.41, 5.74) is 6.69. The fourth-order valence-electron chi connectivity index (χ4n) is 2.76. The van der Waals surface area contributed by atoms with E-state index in [1.807, 2.05) is 0 Å². The highest BCUT2D eigenvalue weighted by molar-refractivity contribution is 6.13. The number of nitrogens with zero attached hydrogens (tertiary/aromatic N) is 2. The number of halogens is 1. The van der Waals surface area contributed by atoms with E-state index in [9.17, 15) is 18.8 Å². The van der Waals surface area contributed by atoms with Gasteiger partial charge in [0.2, 0.25) is 5.91 Å². The molecule has 2 aromatic rings. The maximum atomic E-state index is 13.1. The first-order valence-electron chi connectivity index (χ1n) is 7.67. The third kappa shape index (κ3) is 3.08. The van der Waals surface area contributed by atoms with Gasteiger partial charge in [0.05, 0.1) is 6.54 Å². The van der Waals surface area contributed by atoms with Gasteiger partial charge in [-0.1, -0.05) is 12.1 Å². The van der Waals surface area contributed by atoms with E-state index in [0.29, 0.717) is 16.8 Å². The summed E-state index contributed by atoms with van der Waals surface area (Å²) in [7, 11) is 0. The number of carbonyl (C=O) groups excluding carboxylic acids is 3. The molecule has 6 nitrogen and oxygen atoms in total. The standard InChI is InChI=1S/C18H16FN3O3/c1-11-17(24)21(10-12-2-4-13(5-3-12)16(20)23)18(25)22(11)15-8-6-14(19)7-9-15/h2-9,11H,10H2,1H3,(H2,20,23)/t11-/m0/s1. The van der Waals surface area contributed by atoms with Gasteiger partial charge in [-0.3, -0.25) is 19.4 Å². The minimum Gasteiger partial charge on any atom is -0.366 e. The first kappa shape index (κ1) is 16.6. The Morgan fingerprint density at radius 1 is 1.08 bits per heavy atom. The second kappa shape index (κ2) is 6.35. The molecular weight excluding hydrogens is 325 g/mol. The number of imide groups is 1. The van der Waals surface area contributed by atoms with Crippen molar-refractivity contribution in [3.8, 4) is 0 Å². The molecule has 7 heteroatoms. The van der Waals surface area contributed by atoms with Crippen molar-refractivity contribution < 1.29 is 18.8 Å². The SMILES string of the molecule is C[C@H]1C(=O)N(Cc2ccc(C(N)=O)cc2)C(=O)N1c1ccc(F)cc1. The number of urea groups is 1. The minimum atomic E-state index is -0.678. The van der Waals surface area contributed by atoms with E-state index < -0.39 is 23.8 Å². The summed E-state index contributed by atoms with van der Waals surface area (Å²) in [6.07, 6.45) is 0. The van der Waals surface area contributed by atoms with Crippen LogP contribution in [0.25, 0.3) is 0 Å². The Kier molecular flexibility index (Phi) is 4.22. The van der Waals surface area contributed by atoms with Gasteiger partial charge in [0, 0.05) is 11.3 Å². The molecule has 128 valence electrons. The molecule has 1 aliphatic heterocycles. The fourth-order valence-corrected chi connectivity index (χ4v) is 2.76. The summed E-state index contributed by atoms with van der Waals surface area (Å²) in [5, 5.41) is 0. The van der Waals surface area contributed by atoms with E-state index in [4.69, 9.17) is 5.73 Å². The predicted molar refractivity (Wildman–Crippen MR) is 89.2 cm³/mol. The lowest BCUT2D eigenvalue weighted by atomic mass is 10.1.